The molecule has 2 amide bonds. The van der Waals surface area contributed by atoms with Gasteiger partial charge in [0, 0.05) is 12.6 Å². The van der Waals surface area contributed by atoms with Crippen molar-refractivity contribution in [3.63, 3.8) is 0 Å². The average Bonchev–Trinajstić information content (AvgIpc) is 2.90. The van der Waals surface area contributed by atoms with Crippen LogP contribution in [-0.2, 0) is 9.59 Å². The van der Waals surface area contributed by atoms with E-state index in [2.05, 4.69) is 5.32 Å². The predicted octanol–water partition coefficient (Wildman–Crippen LogP) is 2.43. The molecule has 6 nitrogen and oxygen atoms in total. The Bertz CT molecular complexity index is 680. The van der Waals surface area contributed by atoms with E-state index in [1.165, 1.54) is 11.0 Å². The minimum Gasteiger partial charge on any atom is -0.481 e. The monoisotopic (exact) mass is 372 g/mol. The number of nitrogens with one attached hydrogen (secondary N) is 1. The van der Waals surface area contributed by atoms with Crippen LogP contribution in [-0.4, -0.2) is 46.4 Å². The minimum absolute atomic E-state index is 0.122. The van der Waals surface area contributed by atoms with Crippen LogP contribution in [0.3, 0.4) is 0 Å². The summed E-state index contributed by atoms with van der Waals surface area (Å²) in [4.78, 5) is 37.4. The summed E-state index contributed by atoms with van der Waals surface area (Å²) in [5.74, 6) is -2.33. The molecule has 0 aliphatic carbocycles. The van der Waals surface area contributed by atoms with Gasteiger partial charge in [-0.25, -0.2) is 0 Å². The number of carbonyl (C=O) groups is 3. The molecule has 8 heteroatoms. The molecular weight excluding hydrogens is 355 g/mol. The molecule has 0 spiro atoms. The summed E-state index contributed by atoms with van der Waals surface area (Å²) < 4.78 is 0. The van der Waals surface area contributed by atoms with Gasteiger partial charge in [0.2, 0.25) is 5.91 Å². The summed E-state index contributed by atoms with van der Waals surface area (Å²) in [6.07, 6.45) is 0.406. The molecule has 0 saturated carbocycles. The van der Waals surface area contributed by atoms with E-state index in [-0.39, 0.29) is 21.5 Å². The minimum atomic E-state index is -0.916. The first-order valence-electron chi connectivity index (χ1n) is 7.52. The van der Waals surface area contributed by atoms with Crippen molar-refractivity contribution in [2.45, 2.75) is 32.4 Å². The van der Waals surface area contributed by atoms with E-state index in [1.807, 2.05) is 0 Å². The smallest absolute Gasteiger partial charge is 0.308 e. The third kappa shape index (κ3) is 3.65. The molecule has 130 valence electrons. The highest BCUT2D eigenvalue weighted by atomic mass is 35.5. The maximum absolute atomic E-state index is 12.5. The lowest BCUT2D eigenvalue weighted by atomic mass is 10.0. The first-order valence-corrected chi connectivity index (χ1v) is 8.27. The summed E-state index contributed by atoms with van der Waals surface area (Å²) in [6.45, 7) is 3.61. The van der Waals surface area contributed by atoms with Crippen LogP contribution < -0.4 is 5.32 Å². The molecule has 0 aromatic heterocycles. The number of nitrogens with zero attached hydrogens (tertiary/aromatic N) is 1. The number of carbonyl (C=O) groups excluding carboxylic acids is 2. The number of rotatable bonds is 4. The van der Waals surface area contributed by atoms with E-state index in [9.17, 15) is 14.4 Å². The highest BCUT2D eigenvalue weighted by Crippen LogP contribution is 2.26. The van der Waals surface area contributed by atoms with Gasteiger partial charge in [-0.3, -0.25) is 14.4 Å². The molecule has 3 atom stereocenters. The highest BCUT2D eigenvalue weighted by molar-refractivity contribution is 6.43. The molecule has 1 aromatic rings. The molecule has 0 radical (unpaired) electrons. The SMILES string of the molecule is CC(NC(=O)c1cccc(Cl)c1Cl)C(=O)N1CCC(C(=O)O)C1C. The largest absolute Gasteiger partial charge is 0.481 e. The maximum atomic E-state index is 12.5. The van der Waals surface area contributed by atoms with Crippen molar-refractivity contribution >= 4 is 41.0 Å². The third-order valence-corrected chi connectivity index (χ3v) is 5.09. The van der Waals surface area contributed by atoms with Gasteiger partial charge in [0.05, 0.1) is 21.5 Å². The second-order valence-electron chi connectivity index (χ2n) is 5.80. The molecule has 3 unspecified atom stereocenters. The van der Waals surface area contributed by atoms with Crippen molar-refractivity contribution in [2.75, 3.05) is 6.54 Å². The number of benzene rings is 1. The van der Waals surface area contributed by atoms with Gasteiger partial charge in [-0.2, -0.15) is 0 Å². The standard InChI is InChI=1S/C16H18Cl2N2O4/c1-8(15(22)20-7-6-10(9(20)2)16(23)24)19-14(21)11-4-3-5-12(17)13(11)18/h3-5,8-10H,6-7H2,1-2H3,(H,19,21)(H,23,24). The predicted molar refractivity (Wildman–Crippen MR) is 90.3 cm³/mol. The summed E-state index contributed by atoms with van der Waals surface area (Å²) in [6, 6.07) is 3.45. The molecular formula is C16H18Cl2N2O4. The second kappa shape index (κ2) is 7.40. The lowest BCUT2D eigenvalue weighted by Gasteiger charge is -2.26. The van der Waals surface area contributed by atoms with E-state index in [0.29, 0.717) is 13.0 Å². The van der Waals surface area contributed by atoms with Crippen molar-refractivity contribution in [1.82, 2.24) is 10.2 Å². The molecule has 1 aliphatic heterocycles. The fourth-order valence-corrected chi connectivity index (χ4v) is 3.23. The van der Waals surface area contributed by atoms with E-state index in [4.69, 9.17) is 28.3 Å². The number of amides is 2. The van der Waals surface area contributed by atoms with Crippen LogP contribution in [0.4, 0.5) is 0 Å². The Balaban J connectivity index is 2.05. The first kappa shape index (κ1) is 18.5. The van der Waals surface area contributed by atoms with Crippen LogP contribution in [0.2, 0.25) is 10.0 Å². The van der Waals surface area contributed by atoms with Crippen molar-refractivity contribution in [3.05, 3.63) is 33.8 Å². The van der Waals surface area contributed by atoms with Crippen molar-refractivity contribution in [1.29, 1.82) is 0 Å². The average molecular weight is 373 g/mol. The molecule has 0 bridgehead atoms. The fraction of sp³-hybridized carbons (Fsp3) is 0.438. The lowest BCUT2D eigenvalue weighted by molar-refractivity contribution is -0.143. The molecule has 24 heavy (non-hydrogen) atoms. The van der Waals surface area contributed by atoms with Gasteiger partial charge in [0.25, 0.3) is 5.91 Å². The topological polar surface area (TPSA) is 86.7 Å². The zero-order chi connectivity index (χ0) is 18.0. The molecule has 1 aliphatic rings. The van der Waals surface area contributed by atoms with E-state index < -0.39 is 29.9 Å². The van der Waals surface area contributed by atoms with Gasteiger partial charge >= 0.3 is 5.97 Å². The summed E-state index contributed by atoms with van der Waals surface area (Å²) >= 11 is 11.9. The van der Waals surface area contributed by atoms with Gasteiger partial charge in [-0.15, -0.1) is 0 Å². The fourth-order valence-electron chi connectivity index (χ4n) is 2.84. The number of halogens is 2. The number of aliphatic carboxylic acids is 1. The molecule has 1 saturated heterocycles. The quantitative estimate of drug-likeness (QED) is 0.849. The molecule has 1 aromatic carbocycles. The van der Waals surface area contributed by atoms with Gasteiger partial charge in [0.1, 0.15) is 6.04 Å². The summed E-state index contributed by atoms with van der Waals surface area (Å²) in [5, 5.41) is 12.1. The van der Waals surface area contributed by atoms with Gasteiger partial charge < -0.3 is 15.3 Å². The van der Waals surface area contributed by atoms with Crippen molar-refractivity contribution in [2.24, 2.45) is 5.92 Å². The van der Waals surface area contributed by atoms with Gasteiger partial charge in [-0.1, -0.05) is 29.3 Å². The van der Waals surface area contributed by atoms with Gasteiger partial charge in [-0.05, 0) is 32.4 Å². The highest BCUT2D eigenvalue weighted by Gasteiger charge is 2.39. The van der Waals surface area contributed by atoms with Crippen LogP contribution in [0.1, 0.15) is 30.6 Å². The normalized spacial score (nSPS) is 21.4. The Labute approximate surface area is 149 Å². The molecule has 1 fully saturated rings. The molecule has 2 N–H and O–H groups in total. The van der Waals surface area contributed by atoms with Crippen LogP contribution in [0.15, 0.2) is 18.2 Å². The van der Waals surface area contributed by atoms with Crippen molar-refractivity contribution < 1.29 is 19.5 Å². The Morgan fingerprint density at radius 3 is 2.58 bits per heavy atom. The number of hydrogen-bond donors (Lipinski definition) is 2. The Morgan fingerprint density at radius 2 is 2.00 bits per heavy atom. The first-order chi connectivity index (χ1) is 11.2. The van der Waals surface area contributed by atoms with Crippen LogP contribution in [0, 0.1) is 5.92 Å². The molecule has 1 heterocycles. The van der Waals surface area contributed by atoms with E-state index >= 15 is 0 Å². The third-order valence-electron chi connectivity index (χ3n) is 4.27. The summed E-state index contributed by atoms with van der Waals surface area (Å²) in [7, 11) is 0. The second-order valence-corrected chi connectivity index (χ2v) is 6.59. The zero-order valence-electron chi connectivity index (χ0n) is 13.3. The van der Waals surface area contributed by atoms with Crippen LogP contribution in [0.25, 0.3) is 0 Å². The summed E-state index contributed by atoms with van der Waals surface area (Å²) in [5.41, 5.74) is 0.182. The number of hydrogen-bond acceptors (Lipinski definition) is 3. The number of likely N-dealkylation sites (tertiary alicyclic amines) is 1. The van der Waals surface area contributed by atoms with Crippen molar-refractivity contribution in [3.8, 4) is 0 Å². The molecule has 2 rings (SSSR count). The Morgan fingerprint density at radius 1 is 1.33 bits per heavy atom. The Hall–Kier alpha value is -1.79. The Kier molecular flexibility index (Phi) is 5.72. The van der Waals surface area contributed by atoms with Crippen LogP contribution >= 0.6 is 23.2 Å². The van der Waals surface area contributed by atoms with E-state index in [0.717, 1.165) is 0 Å². The zero-order valence-corrected chi connectivity index (χ0v) is 14.8. The maximum Gasteiger partial charge on any atom is 0.308 e. The number of carboxylic acids is 1. The van der Waals surface area contributed by atoms with Crippen LogP contribution in [0.5, 0.6) is 0 Å². The van der Waals surface area contributed by atoms with Gasteiger partial charge in [0.15, 0.2) is 0 Å². The number of carboxylic acid groups (broad SMARTS) is 1. The van der Waals surface area contributed by atoms with E-state index in [1.54, 1.807) is 26.0 Å². The lowest BCUT2D eigenvalue weighted by Crippen LogP contribution is -2.49.